The van der Waals surface area contributed by atoms with E-state index in [1.807, 2.05) is 12.1 Å². The number of carbonyl (C=O) groups excluding carboxylic acids is 1. The number of aliphatic carboxylic acids is 1. The minimum atomic E-state index is -1.07. The summed E-state index contributed by atoms with van der Waals surface area (Å²) in [6, 6.07) is 11.9. The molecule has 2 atom stereocenters. The summed E-state index contributed by atoms with van der Waals surface area (Å²) in [5.41, 5.74) is 14.7. The summed E-state index contributed by atoms with van der Waals surface area (Å²) in [5.74, 6) is -0.817. The number of nitrogens with zero attached hydrogens (tertiary/aromatic N) is 2. The van der Waals surface area contributed by atoms with E-state index in [0.717, 1.165) is 42.0 Å². The summed E-state index contributed by atoms with van der Waals surface area (Å²) in [6.45, 7) is 3.57. The van der Waals surface area contributed by atoms with Crippen LogP contribution < -0.4 is 26.4 Å². The summed E-state index contributed by atoms with van der Waals surface area (Å²) < 4.78 is 5.59. The monoisotopic (exact) mass is 467 g/mol. The van der Waals surface area contributed by atoms with Crippen molar-refractivity contribution >= 4 is 23.5 Å². The first-order valence-electron chi connectivity index (χ1n) is 11.4. The summed E-state index contributed by atoms with van der Waals surface area (Å²) in [4.78, 5) is 29.8. The number of nitrogens with two attached hydrogens (primary N) is 2. The molecule has 34 heavy (non-hydrogen) atoms. The fourth-order valence-corrected chi connectivity index (χ4v) is 4.17. The number of hydrogen-bond acceptors (Lipinski definition) is 5. The molecule has 3 rings (SSSR count). The van der Waals surface area contributed by atoms with Gasteiger partial charge in [0, 0.05) is 35.9 Å². The first-order valence-corrected chi connectivity index (χ1v) is 11.4. The van der Waals surface area contributed by atoms with Gasteiger partial charge < -0.3 is 31.5 Å². The number of hydrogen-bond donors (Lipinski definition) is 4. The van der Waals surface area contributed by atoms with Gasteiger partial charge >= 0.3 is 5.97 Å². The van der Waals surface area contributed by atoms with Gasteiger partial charge in [-0.3, -0.25) is 9.59 Å². The predicted molar refractivity (Wildman–Crippen MR) is 132 cm³/mol. The molecule has 2 aromatic rings. The Morgan fingerprint density at radius 1 is 1.24 bits per heavy atom. The van der Waals surface area contributed by atoms with Crippen LogP contribution in [0, 0.1) is 0 Å². The number of ether oxygens (including phenoxy) is 1. The van der Waals surface area contributed by atoms with Crippen LogP contribution in [0.1, 0.15) is 47.7 Å². The second-order valence-electron chi connectivity index (χ2n) is 8.50. The zero-order chi connectivity index (χ0) is 24.7. The molecule has 2 aromatic carbocycles. The lowest BCUT2D eigenvalue weighted by Crippen LogP contribution is -2.39. The fourth-order valence-electron chi connectivity index (χ4n) is 4.17. The number of nitrogens with one attached hydrogen (secondary N) is 1. The Morgan fingerprint density at radius 3 is 2.62 bits per heavy atom. The highest BCUT2D eigenvalue weighted by Gasteiger charge is 2.22. The molecule has 9 nitrogen and oxygen atoms in total. The third kappa shape index (κ3) is 6.26. The lowest BCUT2D eigenvalue weighted by Gasteiger charge is -2.37. The number of benzene rings is 2. The Kier molecular flexibility index (Phi) is 8.48. The molecule has 1 saturated heterocycles. The molecule has 0 bridgehead atoms. The first-order chi connectivity index (χ1) is 16.3. The molecule has 0 aromatic heterocycles. The number of carboxylic acids is 1. The standard InChI is InChI=1S/C25H33N5O4/c1-16-6-3-4-13-30(16)21-7-5-8-22(34-2)19(21)15-28-25(27)29-23(31)18-11-9-17(10-12-18)14-20(26)24(32)33/h5,7-12,16,20H,3-4,6,13-15,26H2,1-2H3,(H,32,33)(H3,27,28,29,31)/t16?,20-/m0/s1. The van der Waals surface area contributed by atoms with Gasteiger partial charge in [0.05, 0.1) is 7.11 Å². The number of rotatable bonds is 8. The molecule has 1 aliphatic heterocycles. The Morgan fingerprint density at radius 2 is 1.97 bits per heavy atom. The minimum Gasteiger partial charge on any atom is -0.496 e. The molecule has 0 spiro atoms. The van der Waals surface area contributed by atoms with E-state index in [1.54, 1.807) is 31.4 Å². The van der Waals surface area contributed by atoms with Gasteiger partial charge in [0.2, 0.25) is 0 Å². The molecule has 1 unspecified atom stereocenters. The number of carboxylic acid groups (broad SMARTS) is 1. The second-order valence-corrected chi connectivity index (χ2v) is 8.50. The maximum atomic E-state index is 12.5. The zero-order valence-corrected chi connectivity index (χ0v) is 19.7. The van der Waals surface area contributed by atoms with E-state index in [0.29, 0.717) is 18.2 Å². The van der Waals surface area contributed by atoms with Gasteiger partial charge in [0.1, 0.15) is 11.8 Å². The summed E-state index contributed by atoms with van der Waals surface area (Å²) in [5, 5.41) is 12.0. The van der Waals surface area contributed by atoms with E-state index in [9.17, 15) is 9.59 Å². The molecule has 1 amide bonds. The van der Waals surface area contributed by atoms with Crippen molar-refractivity contribution in [3.05, 3.63) is 59.2 Å². The van der Waals surface area contributed by atoms with Gasteiger partial charge in [-0.05, 0) is 62.4 Å². The normalized spacial score (nSPS) is 17.2. The molecule has 1 heterocycles. The quantitative estimate of drug-likeness (QED) is 0.342. The van der Waals surface area contributed by atoms with Crippen LogP contribution in [0.2, 0.25) is 0 Å². The lowest BCUT2D eigenvalue weighted by molar-refractivity contribution is -0.138. The van der Waals surface area contributed by atoms with Crippen LogP contribution >= 0.6 is 0 Å². The van der Waals surface area contributed by atoms with Crippen LogP contribution in [0.25, 0.3) is 0 Å². The molecule has 0 radical (unpaired) electrons. The van der Waals surface area contributed by atoms with Crippen molar-refractivity contribution in [1.29, 1.82) is 0 Å². The third-order valence-corrected chi connectivity index (χ3v) is 6.08. The molecule has 6 N–H and O–H groups in total. The molecule has 0 saturated carbocycles. The summed E-state index contributed by atoms with van der Waals surface area (Å²) >= 11 is 0. The van der Waals surface area contributed by atoms with E-state index in [2.05, 4.69) is 28.2 Å². The van der Waals surface area contributed by atoms with Gasteiger partial charge in [-0.1, -0.05) is 18.2 Å². The van der Waals surface area contributed by atoms with E-state index in [-0.39, 0.29) is 12.4 Å². The first kappa shape index (κ1) is 25.0. The summed E-state index contributed by atoms with van der Waals surface area (Å²) in [6.07, 6.45) is 3.69. The van der Waals surface area contributed by atoms with Crippen molar-refractivity contribution in [3.8, 4) is 5.75 Å². The van der Waals surface area contributed by atoms with E-state index in [4.69, 9.17) is 21.3 Å². The molecule has 9 heteroatoms. The molecular formula is C25H33N5O4. The third-order valence-electron chi connectivity index (χ3n) is 6.08. The van der Waals surface area contributed by atoms with Crippen molar-refractivity contribution < 1.29 is 19.4 Å². The largest absolute Gasteiger partial charge is 0.496 e. The van der Waals surface area contributed by atoms with Crippen LogP contribution in [0.15, 0.2) is 47.5 Å². The van der Waals surface area contributed by atoms with Crippen molar-refractivity contribution in [2.24, 2.45) is 16.5 Å². The van der Waals surface area contributed by atoms with Crippen molar-refractivity contribution in [2.75, 3.05) is 18.6 Å². The number of methoxy groups -OCH3 is 1. The maximum Gasteiger partial charge on any atom is 0.320 e. The average Bonchev–Trinajstić information content (AvgIpc) is 2.83. The second kappa shape index (κ2) is 11.5. The van der Waals surface area contributed by atoms with Gasteiger partial charge in [-0.2, -0.15) is 4.99 Å². The molecule has 1 aliphatic rings. The van der Waals surface area contributed by atoms with Crippen LogP contribution in [-0.2, 0) is 17.8 Å². The van der Waals surface area contributed by atoms with Gasteiger partial charge in [-0.25, -0.2) is 0 Å². The molecule has 182 valence electrons. The summed E-state index contributed by atoms with van der Waals surface area (Å²) in [7, 11) is 1.64. The minimum absolute atomic E-state index is 0.00512. The Balaban J connectivity index is 1.69. The highest BCUT2D eigenvalue weighted by atomic mass is 16.5. The number of amides is 1. The zero-order valence-electron chi connectivity index (χ0n) is 19.7. The van der Waals surface area contributed by atoms with Gasteiger partial charge in [0.25, 0.3) is 5.91 Å². The number of guanidine groups is 1. The van der Waals surface area contributed by atoms with Crippen LogP contribution in [0.3, 0.4) is 0 Å². The molecule has 0 aliphatic carbocycles. The van der Waals surface area contributed by atoms with Gasteiger partial charge in [-0.15, -0.1) is 0 Å². The highest BCUT2D eigenvalue weighted by molar-refractivity contribution is 6.02. The predicted octanol–water partition coefficient (Wildman–Crippen LogP) is 2.27. The van der Waals surface area contributed by atoms with Crippen LogP contribution in [0.5, 0.6) is 5.75 Å². The lowest BCUT2D eigenvalue weighted by atomic mass is 10.0. The van der Waals surface area contributed by atoms with E-state index >= 15 is 0 Å². The van der Waals surface area contributed by atoms with E-state index < -0.39 is 17.9 Å². The smallest absolute Gasteiger partial charge is 0.320 e. The maximum absolute atomic E-state index is 12.5. The van der Waals surface area contributed by atoms with Crippen LogP contribution in [-0.4, -0.2) is 48.7 Å². The number of piperidine rings is 1. The highest BCUT2D eigenvalue weighted by Crippen LogP contribution is 2.33. The van der Waals surface area contributed by atoms with Crippen molar-refractivity contribution in [1.82, 2.24) is 5.32 Å². The Bertz CT molecular complexity index is 1040. The van der Waals surface area contributed by atoms with Crippen molar-refractivity contribution in [2.45, 2.75) is 51.2 Å². The molecular weight excluding hydrogens is 434 g/mol. The SMILES string of the molecule is COc1cccc(N2CCCCC2C)c1CN/C(N)=N/C(=O)c1ccc(C[C@H](N)C(=O)O)cc1. The number of anilines is 1. The van der Waals surface area contributed by atoms with Crippen LogP contribution in [0.4, 0.5) is 5.69 Å². The number of aliphatic imine (C=N–C) groups is 1. The Labute approximate surface area is 199 Å². The van der Waals surface area contributed by atoms with Gasteiger partial charge in [0.15, 0.2) is 5.96 Å². The Hall–Kier alpha value is -3.59. The van der Waals surface area contributed by atoms with E-state index in [1.165, 1.54) is 6.42 Å². The average molecular weight is 468 g/mol. The fraction of sp³-hybridized carbons (Fsp3) is 0.400. The topological polar surface area (TPSA) is 143 Å². The van der Waals surface area contributed by atoms with Crippen molar-refractivity contribution in [3.63, 3.8) is 0 Å². The number of carbonyl (C=O) groups is 2. The molecule has 1 fully saturated rings.